The van der Waals surface area contributed by atoms with Crippen molar-refractivity contribution in [3.05, 3.63) is 79.7 Å². The molecule has 1 heterocycles. The Labute approximate surface area is 167 Å². The molecule has 0 unspecified atom stereocenters. The Morgan fingerprint density at radius 2 is 1.93 bits per heavy atom. The topological polar surface area (TPSA) is 56.1 Å². The van der Waals surface area contributed by atoms with Crippen LogP contribution in [0.25, 0.3) is 0 Å². The molecule has 0 aliphatic carbocycles. The zero-order valence-corrected chi connectivity index (χ0v) is 16.7. The second-order valence-corrected chi connectivity index (χ2v) is 7.08. The fourth-order valence-electron chi connectivity index (χ4n) is 2.70. The van der Waals surface area contributed by atoms with Crippen molar-refractivity contribution in [2.45, 2.75) is 20.4 Å². The lowest BCUT2D eigenvalue weighted by Gasteiger charge is -2.17. The van der Waals surface area contributed by atoms with Crippen molar-refractivity contribution in [3.8, 4) is 5.75 Å². The van der Waals surface area contributed by atoms with Crippen molar-refractivity contribution in [3.63, 3.8) is 0 Å². The van der Waals surface area contributed by atoms with Gasteiger partial charge in [0.15, 0.2) is 0 Å². The van der Waals surface area contributed by atoms with Crippen LogP contribution in [0.15, 0.2) is 47.4 Å². The molecule has 0 aliphatic rings. The number of rotatable bonds is 5. The Morgan fingerprint density at radius 3 is 2.63 bits per heavy atom. The summed E-state index contributed by atoms with van der Waals surface area (Å²) in [6.07, 6.45) is 1.64. The summed E-state index contributed by atoms with van der Waals surface area (Å²) < 4.78 is 6.96. The molecule has 1 aromatic heterocycles. The highest BCUT2D eigenvalue weighted by Gasteiger charge is 2.12. The van der Waals surface area contributed by atoms with Crippen LogP contribution < -0.4 is 15.6 Å². The Kier molecular flexibility index (Phi) is 5.73. The molecule has 1 N–H and O–H groups in total. The van der Waals surface area contributed by atoms with Crippen LogP contribution in [0.5, 0.6) is 5.75 Å². The van der Waals surface area contributed by atoms with Gasteiger partial charge in [0.2, 0.25) is 11.7 Å². The quantitative estimate of drug-likeness (QED) is 0.653. The van der Waals surface area contributed by atoms with Crippen LogP contribution in [0.4, 0.5) is 11.6 Å². The lowest BCUT2D eigenvalue weighted by atomic mass is 10.1. The van der Waals surface area contributed by atoms with Gasteiger partial charge in [0.1, 0.15) is 0 Å². The Morgan fingerprint density at radius 1 is 1.15 bits per heavy atom. The van der Waals surface area contributed by atoms with E-state index in [0.717, 1.165) is 22.4 Å². The van der Waals surface area contributed by atoms with Gasteiger partial charge in [-0.1, -0.05) is 35.3 Å². The van der Waals surface area contributed by atoms with E-state index in [-0.39, 0.29) is 5.75 Å². The fourth-order valence-corrected chi connectivity index (χ4v) is 3.13. The highest BCUT2D eigenvalue weighted by Crippen LogP contribution is 2.26. The molecule has 27 heavy (non-hydrogen) atoms. The van der Waals surface area contributed by atoms with Gasteiger partial charge >= 0.3 is 5.56 Å². The normalized spacial score (nSPS) is 10.7. The minimum atomic E-state index is -0.439. The van der Waals surface area contributed by atoms with Gasteiger partial charge in [-0.3, -0.25) is 4.79 Å². The van der Waals surface area contributed by atoms with E-state index in [0.29, 0.717) is 22.5 Å². The van der Waals surface area contributed by atoms with E-state index >= 15 is 0 Å². The van der Waals surface area contributed by atoms with Gasteiger partial charge in [-0.05, 0) is 54.8 Å². The van der Waals surface area contributed by atoms with Crippen molar-refractivity contribution in [2.75, 3.05) is 12.4 Å². The number of nitrogens with one attached hydrogen (secondary N) is 1. The molecule has 0 aliphatic heterocycles. The van der Waals surface area contributed by atoms with E-state index < -0.39 is 5.56 Å². The number of methoxy groups -OCH3 is 1. The number of benzene rings is 2. The van der Waals surface area contributed by atoms with E-state index in [1.807, 2.05) is 54.8 Å². The first-order valence-electron chi connectivity index (χ1n) is 8.31. The summed E-state index contributed by atoms with van der Waals surface area (Å²) in [6, 6.07) is 11.3. The van der Waals surface area contributed by atoms with Crippen molar-refractivity contribution in [2.24, 2.45) is 0 Å². The maximum absolute atomic E-state index is 12.2. The molecule has 0 fully saturated rings. The van der Waals surface area contributed by atoms with Gasteiger partial charge < -0.3 is 14.6 Å². The molecule has 140 valence electrons. The molecule has 2 aromatic carbocycles. The molecule has 0 amide bonds. The van der Waals surface area contributed by atoms with E-state index in [4.69, 9.17) is 27.9 Å². The molecular weight excluding hydrogens is 385 g/mol. The third-order valence-electron chi connectivity index (χ3n) is 4.18. The Hall–Kier alpha value is -2.50. The Bertz CT molecular complexity index is 1050. The van der Waals surface area contributed by atoms with Gasteiger partial charge in [0.05, 0.1) is 19.9 Å². The summed E-state index contributed by atoms with van der Waals surface area (Å²) in [4.78, 5) is 16.4. The zero-order chi connectivity index (χ0) is 19.6. The van der Waals surface area contributed by atoms with Crippen molar-refractivity contribution >= 4 is 34.8 Å². The summed E-state index contributed by atoms with van der Waals surface area (Å²) in [7, 11) is 1.45. The smallest absolute Gasteiger partial charge is 0.316 e. The van der Waals surface area contributed by atoms with E-state index in [1.54, 1.807) is 6.20 Å². The summed E-state index contributed by atoms with van der Waals surface area (Å²) in [6.45, 7) is 4.34. The van der Waals surface area contributed by atoms with Crippen LogP contribution in [-0.4, -0.2) is 16.7 Å². The molecule has 3 rings (SSSR count). The van der Waals surface area contributed by atoms with Crippen molar-refractivity contribution in [1.29, 1.82) is 0 Å². The lowest BCUT2D eigenvalue weighted by molar-refractivity contribution is 0.402. The van der Waals surface area contributed by atoms with Gasteiger partial charge in [-0.25, -0.2) is 0 Å². The highest BCUT2D eigenvalue weighted by atomic mass is 35.5. The molecular formula is C20H19Cl2N3O2. The van der Waals surface area contributed by atoms with E-state index in [1.165, 1.54) is 7.11 Å². The number of anilines is 2. The average Bonchev–Trinajstić information content (AvgIpc) is 2.61. The van der Waals surface area contributed by atoms with Crippen LogP contribution in [0.1, 0.15) is 16.7 Å². The van der Waals surface area contributed by atoms with E-state index in [2.05, 4.69) is 10.3 Å². The summed E-state index contributed by atoms with van der Waals surface area (Å²) in [5, 5.41) is 4.58. The molecule has 0 radical (unpaired) electrons. The number of aromatic nitrogens is 2. The third-order valence-corrected chi connectivity index (χ3v) is 4.82. The maximum atomic E-state index is 12.2. The predicted octanol–water partition coefficient (Wildman–Crippen LogP) is 4.97. The SMILES string of the molecule is COc1cn(Cc2cccc(Cl)c2)c(Nc2cc(C)c(Cl)cc2C)nc1=O. The van der Waals surface area contributed by atoms with Crippen LogP contribution in [0, 0.1) is 13.8 Å². The second-order valence-electron chi connectivity index (χ2n) is 6.24. The number of aryl methyl sites for hydroxylation is 2. The van der Waals surface area contributed by atoms with Crippen LogP contribution in [-0.2, 0) is 6.54 Å². The molecule has 0 bridgehead atoms. The number of hydrogen-bond donors (Lipinski definition) is 1. The van der Waals surface area contributed by atoms with Crippen molar-refractivity contribution in [1.82, 2.24) is 9.55 Å². The third kappa shape index (κ3) is 4.43. The first-order valence-corrected chi connectivity index (χ1v) is 9.06. The standard InChI is InChI=1S/C20H19Cl2N3O2/c1-12-8-17(13(2)7-16(12)22)23-20-24-19(26)18(27-3)11-25(20)10-14-5-4-6-15(21)9-14/h4-9,11H,10H2,1-3H3,(H,23,24,26). The first-order chi connectivity index (χ1) is 12.9. The number of nitrogens with zero attached hydrogens (tertiary/aromatic N) is 2. The minimum Gasteiger partial charge on any atom is -0.490 e. The van der Waals surface area contributed by atoms with Gasteiger partial charge in [0, 0.05) is 15.7 Å². The zero-order valence-electron chi connectivity index (χ0n) is 15.2. The molecule has 0 saturated carbocycles. The number of halogens is 2. The van der Waals surface area contributed by atoms with Gasteiger partial charge in [-0.2, -0.15) is 4.98 Å². The summed E-state index contributed by atoms with van der Waals surface area (Å²) in [5.41, 5.74) is 3.24. The molecule has 0 spiro atoms. The molecule has 0 atom stereocenters. The summed E-state index contributed by atoms with van der Waals surface area (Å²) >= 11 is 12.3. The maximum Gasteiger partial charge on any atom is 0.316 e. The number of hydrogen-bond acceptors (Lipinski definition) is 4. The number of ether oxygens (including phenoxy) is 1. The Balaban J connectivity index is 2.04. The molecule has 3 aromatic rings. The van der Waals surface area contributed by atoms with Gasteiger partial charge in [-0.15, -0.1) is 0 Å². The minimum absolute atomic E-state index is 0.173. The molecule has 5 nitrogen and oxygen atoms in total. The van der Waals surface area contributed by atoms with Crippen molar-refractivity contribution < 1.29 is 4.74 Å². The summed E-state index contributed by atoms with van der Waals surface area (Å²) in [5.74, 6) is 0.581. The monoisotopic (exact) mass is 403 g/mol. The highest BCUT2D eigenvalue weighted by molar-refractivity contribution is 6.31. The lowest BCUT2D eigenvalue weighted by Crippen LogP contribution is -2.19. The van der Waals surface area contributed by atoms with E-state index in [9.17, 15) is 4.79 Å². The predicted molar refractivity (Wildman–Crippen MR) is 110 cm³/mol. The second kappa shape index (κ2) is 8.03. The van der Waals surface area contributed by atoms with Gasteiger partial charge in [0.25, 0.3) is 0 Å². The first kappa shape index (κ1) is 19.3. The van der Waals surface area contributed by atoms with Crippen LogP contribution in [0.2, 0.25) is 10.0 Å². The molecule has 7 heteroatoms. The van der Waals surface area contributed by atoms with Crippen LogP contribution in [0.3, 0.4) is 0 Å². The molecule has 0 saturated heterocycles. The average molecular weight is 404 g/mol. The fraction of sp³-hybridized carbons (Fsp3) is 0.200. The largest absolute Gasteiger partial charge is 0.490 e. The van der Waals surface area contributed by atoms with Crippen LogP contribution >= 0.6 is 23.2 Å².